The molecule has 0 radical (unpaired) electrons. The van der Waals surface area contributed by atoms with Gasteiger partial charge in [0.15, 0.2) is 0 Å². The molecule has 1 aliphatic heterocycles. The van der Waals surface area contributed by atoms with Crippen molar-refractivity contribution in [2.24, 2.45) is 11.8 Å². The van der Waals surface area contributed by atoms with Crippen molar-refractivity contribution in [1.29, 1.82) is 0 Å². The Morgan fingerprint density at radius 1 is 1.12 bits per heavy atom. The predicted octanol–water partition coefficient (Wildman–Crippen LogP) is 2.89. The highest BCUT2D eigenvalue weighted by Gasteiger charge is 2.28. The van der Waals surface area contributed by atoms with Crippen LogP contribution in [-0.4, -0.2) is 36.6 Å². The smallest absolute Gasteiger partial charge is 0.00696 e. The number of piperidine rings is 1. The Kier molecular flexibility index (Phi) is 4.87. The normalized spacial score (nSPS) is 28.6. The third-order valence-corrected chi connectivity index (χ3v) is 4.36. The van der Waals surface area contributed by atoms with Crippen molar-refractivity contribution >= 4 is 0 Å². The van der Waals surface area contributed by atoms with E-state index in [1.54, 1.807) is 0 Å². The molecule has 2 aliphatic rings. The van der Waals surface area contributed by atoms with Crippen molar-refractivity contribution < 1.29 is 0 Å². The van der Waals surface area contributed by atoms with E-state index in [0.717, 1.165) is 17.9 Å². The quantitative estimate of drug-likeness (QED) is 0.765. The van der Waals surface area contributed by atoms with Crippen LogP contribution in [0.5, 0.6) is 0 Å². The van der Waals surface area contributed by atoms with Crippen LogP contribution in [0.15, 0.2) is 0 Å². The first-order valence-corrected chi connectivity index (χ1v) is 7.62. The van der Waals surface area contributed by atoms with Gasteiger partial charge in [0, 0.05) is 18.6 Å². The maximum Gasteiger partial charge on any atom is 0.00696 e. The van der Waals surface area contributed by atoms with E-state index < -0.39 is 0 Å². The zero-order valence-corrected chi connectivity index (χ0v) is 11.9. The van der Waals surface area contributed by atoms with Gasteiger partial charge in [0.2, 0.25) is 0 Å². The van der Waals surface area contributed by atoms with Crippen LogP contribution in [0.25, 0.3) is 0 Å². The molecule has 2 nitrogen and oxygen atoms in total. The molecule has 0 amide bonds. The van der Waals surface area contributed by atoms with E-state index in [-0.39, 0.29) is 0 Å². The Balaban J connectivity index is 1.71. The van der Waals surface area contributed by atoms with E-state index in [0.29, 0.717) is 6.04 Å². The minimum Gasteiger partial charge on any atom is -0.314 e. The van der Waals surface area contributed by atoms with Crippen molar-refractivity contribution in [1.82, 2.24) is 10.2 Å². The number of hydrogen-bond donors (Lipinski definition) is 1. The Morgan fingerprint density at radius 3 is 2.53 bits per heavy atom. The molecular formula is C15H30N2. The molecule has 0 bridgehead atoms. The molecule has 100 valence electrons. The van der Waals surface area contributed by atoms with Crippen LogP contribution in [0, 0.1) is 11.8 Å². The Bertz CT molecular complexity index is 223. The van der Waals surface area contributed by atoms with Crippen LogP contribution in [-0.2, 0) is 0 Å². The second-order valence-electron chi connectivity index (χ2n) is 6.59. The lowest BCUT2D eigenvalue weighted by Crippen LogP contribution is -2.44. The summed E-state index contributed by atoms with van der Waals surface area (Å²) >= 11 is 0. The fourth-order valence-electron chi connectivity index (χ4n) is 3.05. The molecule has 1 aliphatic carbocycles. The minimum atomic E-state index is 0.634. The Morgan fingerprint density at radius 2 is 1.88 bits per heavy atom. The fourth-order valence-corrected chi connectivity index (χ4v) is 3.05. The highest BCUT2D eigenvalue weighted by atomic mass is 15.2. The van der Waals surface area contributed by atoms with E-state index in [4.69, 9.17) is 0 Å². The summed E-state index contributed by atoms with van der Waals surface area (Å²) in [6.07, 6.45) is 7.27. The highest BCUT2D eigenvalue weighted by Crippen LogP contribution is 2.35. The molecule has 2 atom stereocenters. The van der Waals surface area contributed by atoms with Crippen molar-refractivity contribution in [2.45, 2.75) is 65.0 Å². The number of nitrogens with zero attached hydrogens (tertiary/aromatic N) is 1. The van der Waals surface area contributed by atoms with Gasteiger partial charge in [-0.05, 0) is 51.1 Å². The van der Waals surface area contributed by atoms with Crippen molar-refractivity contribution in [2.75, 3.05) is 19.6 Å². The fraction of sp³-hybridized carbons (Fsp3) is 1.00. The Labute approximate surface area is 107 Å². The molecule has 0 aromatic rings. The molecule has 0 aromatic heterocycles. The zero-order valence-electron chi connectivity index (χ0n) is 11.9. The molecule has 1 N–H and O–H groups in total. The summed E-state index contributed by atoms with van der Waals surface area (Å²) in [5, 5.41) is 3.60. The lowest BCUT2D eigenvalue weighted by molar-refractivity contribution is 0.121. The molecule has 17 heavy (non-hydrogen) atoms. The standard InChI is InChI=1S/C15H30N2/c1-12(2)16-10-15-5-4-8-17(11-15)13(3)9-14-6-7-14/h12-16H,4-11H2,1-3H3. The monoisotopic (exact) mass is 238 g/mol. The SMILES string of the molecule is CC(C)NCC1CCCN(C(C)CC2CC2)C1. The molecule has 0 aromatic carbocycles. The Hall–Kier alpha value is -0.0800. The van der Waals surface area contributed by atoms with Crippen LogP contribution >= 0.6 is 0 Å². The van der Waals surface area contributed by atoms with Gasteiger partial charge in [-0.15, -0.1) is 0 Å². The third-order valence-electron chi connectivity index (χ3n) is 4.36. The molecular weight excluding hydrogens is 208 g/mol. The van der Waals surface area contributed by atoms with E-state index in [9.17, 15) is 0 Å². The van der Waals surface area contributed by atoms with Gasteiger partial charge in [-0.2, -0.15) is 0 Å². The number of rotatable bonds is 6. The molecule has 0 spiro atoms. The number of likely N-dealkylation sites (tertiary alicyclic amines) is 1. The molecule has 2 fully saturated rings. The second kappa shape index (κ2) is 6.19. The molecule has 1 heterocycles. The van der Waals surface area contributed by atoms with E-state index in [1.165, 1.54) is 51.7 Å². The van der Waals surface area contributed by atoms with Crippen LogP contribution in [0.1, 0.15) is 52.9 Å². The predicted molar refractivity (Wildman–Crippen MR) is 74.2 cm³/mol. The lowest BCUT2D eigenvalue weighted by Gasteiger charge is -2.37. The molecule has 2 heteroatoms. The summed E-state index contributed by atoms with van der Waals surface area (Å²) in [5.74, 6) is 1.95. The van der Waals surface area contributed by atoms with Gasteiger partial charge < -0.3 is 10.2 Å². The van der Waals surface area contributed by atoms with Gasteiger partial charge in [-0.3, -0.25) is 0 Å². The average molecular weight is 238 g/mol. The first-order chi connectivity index (χ1) is 8.15. The van der Waals surface area contributed by atoms with Crippen LogP contribution in [0.2, 0.25) is 0 Å². The third kappa shape index (κ3) is 4.59. The molecule has 2 unspecified atom stereocenters. The summed E-state index contributed by atoms with van der Waals surface area (Å²) < 4.78 is 0. The highest BCUT2D eigenvalue weighted by molar-refractivity contribution is 4.83. The minimum absolute atomic E-state index is 0.634. The maximum atomic E-state index is 3.60. The first-order valence-electron chi connectivity index (χ1n) is 7.62. The lowest BCUT2D eigenvalue weighted by atomic mass is 9.95. The van der Waals surface area contributed by atoms with Crippen LogP contribution < -0.4 is 5.32 Å². The van der Waals surface area contributed by atoms with Gasteiger partial charge in [0.05, 0.1) is 0 Å². The summed E-state index contributed by atoms with van der Waals surface area (Å²) in [6.45, 7) is 10.8. The first kappa shape index (κ1) is 13.4. The molecule has 1 saturated heterocycles. The average Bonchev–Trinajstić information content (AvgIpc) is 3.10. The summed E-state index contributed by atoms with van der Waals surface area (Å²) in [6, 6.07) is 1.46. The van der Waals surface area contributed by atoms with Crippen LogP contribution in [0.3, 0.4) is 0 Å². The van der Waals surface area contributed by atoms with E-state index in [2.05, 4.69) is 31.0 Å². The van der Waals surface area contributed by atoms with Crippen molar-refractivity contribution in [3.05, 3.63) is 0 Å². The number of hydrogen-bond acceptors (Lipinski definition) is 2. The van der Waals surface area contributed by atoms with Crippen molar-refractivity contribution in [3.8, 4) is 0 Å². The largest absolute Gasteiger partial charge is 0.314 e. The van der Waals surface area contributed by atoms with Gasteiger partial charge in [0.1, 0.15) is 0 Å². The van der Waals surface area contributed by atoms with E-state index in [1.807, 2.05) is 0 Å². The van der Waals surface area contributed by atoms with Gasteiger partial charge in [-0.25, -0.2) is 0 Å². The maximum absolute atomic E-state index is 3.60. The van der Waals surface area contributed by atoms with E-state index >= 15 is 0 Å². The second-order valence-corrected chi connectivity index (χ2v) is 6.59. The summed E-state index contributed by atoms with van der Waals surface area (Å²) in [7, 11) is 0. The summed E-state index contributed by atoms with van der Waals surface area (Å²) in [5.41, 5.74) is 0. The summed E-state index contributed by atoms with van der Waals surface area (Å²) in [4.78, 5) is 2.74. The van der Waals surface area contributed by atoms with Gasteiger partial charge >= 0.3 is 0 Å². The number of nitrogens with one attached hydrogen (secondary N) is 1. The zero-order chi connectivity index (χ0) is 12.3. The molecule has 2 rings (SSSR count). The van der Waals surface area contributed by atoms with Gasteiger partial charge in [-0.1, -0.05) is 26.7 Å². The van der Waals surface area contributed by atoms with Crippen molar-refractivity contribution in [3.63, 3.8) is 0 Å². The molecule has 1 saturated carbocycles. The van der Waals surface area contributed by atoms with Gasteiger partial charge in [0.25, 0.3) is 0 Å². The topological polar surface area (TPSA) is 15.3 Å². The van der Waals surface area contributed by atoms with Crippen LogP contribution in [0.4, 0.5) is 0 Å².